The van der Waals surface area contributed by atoms with Crippen molar-refractivity contribution in [2.75, 3.05) is 13.7 Å². The normalized spacial score (nSPS) is 14.5. The van der Waals surface area contributed by atoms with E-state index in [-0.39, 0.29) is 17.9 Å². The summed E-state index contributed by atoms with van der Waals surface area (Å²) in [5.74, 6) is 0.175. The molecule has 1 heterocycles. The molecule has 42 heavy (non-hydrogen) atoms. The minimum absolute atomic E-state index is 0.0377. The molecule has 0 bridgehead atoms. The maximum absolute atomic E-state index is 14.5. The molecule has 218 valence electrons. The third-order valence-corrected chi connectivity index (χ3v) is 10.2. The predicted octanol–water partition coefficient (Wildman–Crippen LogP) is 6.86. The highest BCUT2D eigenvalue weighted by atomic mass is 32.2. The zero-order chi connectivity index (χ0) is 30.0. The van der Waals surface area contributed by atoms with E-state index in [2.05, 4.69) is 0 Å². The lowest BCUT2D eigenvalue weighted by Crippen LogP contribution is -2.47. The molecule has 0 saturated carbocycles. The number of rotatable bonds is 10. The number of carboxylic acid groups (broad SMARTS) is 1. The zero-order valence-electron chi connectivity index (χ0n) is 24.3. The van der Waals surface area contributed by atoms with Crippen LogP contribution in [0, 0.1) is 20.8 Å². The number of nitrogens with zero attached hydrogens (tertiary/aromatic N) is 1. The number of methoxy groups -OCH3 is 1. The van der Waals surface area contributed by atoms with Crippen molar-refractivity contribution >= 4 is 32.5 Å². The molecule has 8 heteroatoms. The molecule has 1 aliphatic carbocycles. The number of fused-ring (bicyclic) bond motifs is 1. The first kappa shape index (κ1) is 29.4. The summed E-state index contributed by atoms with van der Waals surface area (Å²) in [4.78, 5) is 12.9. The average molecular weight is 586 g/mol. The molecule has 4 aromatic rings. The summed E-state index contributed by atoms with van der Waals surface area (Å²) in [5, 5.41) is 11.4. The van der Waals surface area contributed by atoms with Gasteiger partial charge in [-0.05, 0) is 86.1 Å². The maximum Gasteiger partial charge on any atom is 0.322 e. The van der Waals surface area contributed by atoms with Crippen molar-refractivity contribution < 1.29 is 27.5 Å². The number of hydrogen-bond acceptors (Lipinski definition) is 5. The molecule has 0 aliphatic heterocycles. The highest BCUT2D eigenvalue weighted by Gasteiger charge is 2.39. The smallest absolute Gasteiger partial charge is 0.322 e. The van der Waals surface area contributed by atoms with Crippen molar-refractivity contribution in [1.82, 2.24) is 4.31 Å². The van der Waals surface area contributed by atoms with E-state index < -0.39 is 22.0 Å². The Kier molecular flexibility index (Phi) is 8.38. The number of carbonyl (C=O) groups is 1. The third-order valence-electron chi connectivity index (χ3n) is 8.01. The number of allylic oxidation sites excluding steroid dienone is 3. The molecular formula is C34H35NO6S. The maximum atomic E-state index is 14.5. The fraction of sp³-hybridized carbons (Fsp3) is 0.265. The fourth-order valence-electron chi connectivity index (χ4n) is 5.62. The molecule has 7 nitrogen and oxygen atoms in total. The second-order valence-electron chi connectivity index (χ2n) is 10.7. The van der Waals surface area contributed by atoms with Gasteiger partial charge < -0.3 is 14.3 Å². The molecule has 5 rings (SSSR count). The summed E-state index contributed by atoms with van der Waals surface area (Å²) >= 11 is 0. The minimum atomic E-state index is -4.24. The molecule has 0 spiro atoms. The Labute approximate surface area is 246 Å². The summed E-state index contributed by atoms with van der Waals surface area (Å²) in [6, 6.07) is 19.3. The number of ether oxygens (including phenoxy) is 1. The summed E-state index contributed by atoms with van der Waals surface area (Å²) in [6.45, 7) is 5.23. The second kappa shape index (κ2) is 12.0. The largest absolute Gasteiger partial charge is 0.496 e. The number of aryl methyl sites for hydroxylation is 1. The van der Waals surface area contributed by atoms with Crippen molar-refractivity contribution in [2.45, 2.75) is 51.0 Å². The number of benzene rings is 3. The van der Waals surface area contributed by atoms with Crippen molar-refractivity contribution in [3.8, 4) is 5.75 Å². The molecule has 1 aliphatic rings. The minimum Gasteiger partial charge on any atom is -0.496 e. The molecule has 1 atom stereocenters. The molecular weight excluding hydrogens is 550 g/mol. The van der Waals surface area contributed by atoms with Crippen LogP contribution < -0.4 is 4.74 Å². The highest BCUT2D eigenvalue weighted by Crippen LogP contribution is 2.36. The topological polar surface area (TPSA) is 97.1 Å². The zero-order valence-corrected chi connectivity index (χ0v) is 25.1. The predicted molar refractivity (Wildman–Crippen MR) is 164 cm³/mol. The first-order valence-electron chi connectivity index (χ1n) is 13.9. The molecule has 3 aromatic carbocycles. The van der Waals surface area contributed by atoms with Crippen LogP contribution in [0.1, 0.15) is 40.9 Å². The van der Waals surface area contributed by atoms with Crippen LogP contribution in [0.5, 0.6) is 5.75 Å². The van der Waals surface area contributed by atoms with Gasteiger partial charge >= 0.3 is 5.97 Å². The Morgan fingerprint density at radius 2 is 1.69 bits per heavy atom. The van der Waals surface area contributed by atoms with Gasteiger partial charge in [0.1, 0.15) is 23.1 Å². The first-order chi connectivity index (χ1) is 20.1. The van der Waals surface area contributed by atoms with Crippen LogP contribution in [0.3, 0.4) is 0 Å². The first-order valence-corrected chi connectivity index (χ1v) is 15.3. The molecule has 0 unspecified atom stereocenters. The van der Waals surface area contributed by atoms with Crippen LogP contribution in [0.25, 0.3) is 16.5 Å². The van der Waals surface area contributed by atoms with Gasteiger partial charge in [-0.2, -0.15) is 4.31 Å². The van der Waals surface area contributed by atoms with Gasteiger partial charge in [0.2, 0.25) is 10.0 Å². The molecule has 1 N–H and O–H groups in total. The van der Waals surface area contributed by atoms with Gasteiger partial charge in [0.25, 0.3) is 0 Å². The Morgan fingerprint density at radius 1 is 0.976 bits per heavy atom. The van der Waals surface area contributed by atoms with Crippen molar-refractivity contribution in [2.24, 2.45) is 0 Å². The van der Waals surface area contributed by atoms with Crippen LogP contribution in [-0.4, -0.2) is 43.5 Å². The van der Waals surface area contributed by atoms with Crippen molar-refractivity contribution in [3.05, 3.63) is 112 Å². The summed E-state index contributed by atoms with van der Waals surface area (Å²) < 4.78 is 41.6. The molecule has 0 radical (unpaired) electrons. The molecule has 1 aromatic heterocycles. The number of aliphatic carboxylic acids is 1. The van der Waals surface area contributed by atoms with Crippen molar-refractivity contribution in [3.63, 3.8) is 0 Å². The number of hydrogen-bond donors (Lipinski definition) is 1. The lowest BCUT2D eigenvalue weighted by Gasteiger charge is -2.31. The third kappa shape index (κ3) is 5.78. The van der Waals surface area contributed by atoms with Crippen LogP contribution in [0.4, 0.5) is 0 Å². The monoisotopic (exact) mass is 585 g/mol. The van der Waals surface area contributed by atoms with Gasteiger partial charge in [0.05, 0.1) is 12.0 Å². The summed E-state index contributed by atoms with van der Waals surface area (Å²) in [5.41, 5.74) is 5.16. The lowest BCUT2D eigenvalue weighted by molar-refractivity contribution is -0.141. The van der Waals surface area contributed by atoms with Gasteiger partial charge in [-0.1, -0.05) is 66.3 Å². The van der Waals surface area contributed by atoms with Crippen LogP contribution in [0.15, 0.2) is 93.8 Å². The van der Waals surface area contributed by atoms with Crippen molar-refractivity contribution in [1.29, 1.82) is 0 Å². The van der Waals surface area contributed by atoms with E-state index in [0.717, 1.165) is 37.7 Å². The van der Waals surface area contributed by atoms with Gasteiger partial charge in [0, 0.05) is 11.9 Å². The second-order valence-corrected chi connectivity index (χ2v) is 12.6. The highest BCUT2D eigenvalue weighted by molar-refractivity contribution is 7.89. The quantitative estimate of drug-likeness (QED) is 0.218. The SMILES string of the molecule is COc1cc(C)c(S(=O)(=O)N(CC2=CC=C(c3cc4ccccc4o3)CC2)[C@@H](Cc2ccccc2)C(=O)O)c(C)c1C. The molecule has 0 fully saturated rings. The standard InChI is InChI=1S/C34H35NO6S/c1-22-18-31(40-4)23(2)24(3)33(22)42(38,39)35(29(34(36)37)19-25-10-6-5-7-11-25)21-26-14-16-27(17-15-26)32-20-28-12-8-9-13-30(28)41-32/h5-14,16,18,20,29H,15,17,19,21H2,1-4H3,(H,36,37)/t29-/m0/s1. The van der Waals surface area contributed by atoms with Crippen LogP contribution >= 0.6 is 0 Å². The van der Waals surface area contributed by atoms with E-state index in [1.165, 1.54) is 0 Å². The Bertz CT molecular complexity index is 1770. The van der Waals surface area contributed by atoms with E-state index in [0.29, 0.717) is 35.3 Å². The van der Waals surface area contributed by atoms with E-state index in [1.54, 1.807) is 27.0 Å². The average Bonchev–Trinajstić information content (AvgIpc) is 3.42. The van der Waals surface area contributed by atoms with Gasteiger partial charge in [-0.15, -0.1) is 0 Å². The van der Waals surface area contributed by atoms with Gasteiger partial charge in [-0.25, -0.2) is 8.42 Å². The fourth-order valence-corrected chi connectivity index (χ4v) is 7.69. The Morgan fingerprint density at radius 3 is 2.33 bits per heavy atom. The Hall–Kier alpha value is -4.14. The van der Waals surface area contributed by atoms with Crippen LogP contribution in [-0.2, 0) is 21.2 Å². The van der Waals surface area contributed by atoms with E-state index in [4.69, 9.17) is 9.15 Å². The van der Waals surface area contributed by atoms with E-state index >= 15 is 0 Å². The van der Waals surface area contributed by atoms with Gasteiger partial charge in [-0.3, -0.25) is 4.79 Å². The number of para-hydroxylation sites is 1. The molecule has 0 saturated heterocycles. The lowest BCUT2D eigenvalue weighted by atomic mass is 9.96. The number of sulfonamides is 1. The Balaban J connectivity index is 1.55. The summed E-state index contributed by atoms with van der Waals surface area (Å²) in [7, 11) is -2.69. The number of furan rings is 1. The summed E-state index contributed by atoms with van der Waals surface area (Å²) in [6.07, 6.45) is 5.11. The van der Waals surface area contributed by atoms with E-state index in [9.17, 15) is 18.3 Å². The number of carboxylic acids is 1. The molecule has 0 amide bonds. The van der Waals surface area contributed by atoms with Gasteiger partial charge in [0.15, 0.2) is 0 Å². The van der Waals surface area contributed by atoms with Crippen LogP contribution in [0.2, 0.25) is 0 Å². The van der Waals surface area contributed by atoms with E-state index in [1.807, 2.05) is 79.7 Å².